The molecule has 1 aromatic heterocycles. The minimum atomic E-state index is -3.73. The number of anilines is 1. The number of rotatable bonds is 10. The number of nitrogens with zero attached hydrogens (tertiary/aromatic N) is 3. The zero-order chi connectivity index (χ0) is 21.4. The number of aromatic nitrogens is 2. The standard InChI is InChI=1S/C19H20ClN4O5P/c1-3-26-30(25,27-4-2)29-17-12-8-5-9-14(17)13-21-23-19-24-22-18(28-19)15-10-6-7-11-16(15)20/h5-13H,3-4H2,1-2H3,(H,23,24)/b21-13-. The monoisotopic (exact) mass is 450 g/mol. The van der Waals surface area contributed by atoms with Gasteiger partial charge in [0.05, 0.1) is 30.0 Å². The summed E-state index contributed by atoms with van der Waals surface area (Å²) in [5.41, 5.74) is 3.80. The predicted molar refractivity (Wildman–Crippen MR) is 114 cm³/mol. The van der Waals surface area contributed by atoms with Gasteiger partial charge >= 0.3 is 13.8 Å². The average molecular weight is 451 g/mol. The Bertz CT molecular complexity index is 1050. The van der Waals surface area contributed by atoms with E-state index >= 15 is 0 Å². The second kappa shape index (κ2) is 10.4. The van der Waals surface area contributed by atoms with Gasteiger partial charge in [-0.25, -0.2) is 9.99 Å². The Kier molecular flexibility index (Phi) is 7.59. The van der Waals surface area contributed by atoms with Crippen LogP contribution in [-0.4, -0.2) is 29.6 Å². The highest BCUT2D eigenvalue weighted by Crippen LogP contribution is 2.49. The number of halogens is 1. The maximum atomic E-state index is 12.6. The van der Waals surface area contributed by atoms with Crippen LogP contribution in [0.15, 0.2) is 58.0 Å². The van der Waals surface area contributed by atoms with Crippen molar-refractivity contribution in [1.82, 2.24) is 10.2 Å². The molecular weight excluding hydrogens is 431 g/mol. The molecule has 11 heteroatoms. The molecule has 30 heavy (non-hydrogen) atoms. The average Bonchev–Trinajstić information content (AvgIpc) is 3.18. The molecule has 0 fully saturated rings. The number of phosphoric ester groups is 1. The number of benzene rings is 2. The summed E-state index contributed by atoms with van der Waals surface area (Å²) in [6.45, 7) is 3.77. The van der Waals surface area contributed by atoms with Crippen LogP contribution in [0.4, 0.5) is 6.01 Å². The van der Waals surface area contributed by atoms with Crippen molar-refractivity contribution in [2.24, 2.45) is 5.10 Å². The molecule has 0 amide bonds. The predicted octanol–water partition coefficient (Wildman–Crippen LogP) is 5.40. The van der Waals surface area contributed by atoms with Crippen molar-refractivity contribution in [3.8, 4) is 17.2 Å². The highest BCUT2D eigenvalue weighted by Gasteiger charge is 2.28. The van der Waals surface area contributed by atoms with E-state index in [9.17, 15) is 4.57 Å². The third-order valence-electron chi connectivity index (χ3n) is 3.60. The van der Waals surface area contributed by atoms with Crippen LogP contribution < -0.4 is 9.95 Å². The molecule has 0 radical (unpaired) electrons. The van der Waals surface area contributed by atoms with Gasteiger partial charge in [0.1, 0.15) is 5.75 Å². The lowest BCUT2D eigenvalue weighted by Crippen LogP contribution is -2.04. The van der Waals surface area contributed by atoms with Gasteiger partial charge in [0.15, 0.2) is 0 Å². The van der Waals surface area contributed by atoms with Gasteiger partial charge in [-0.3, -0.25) is 9.05 Å². The summed E-state index contributed by atoms with van der Waals surface area (Å²) < 4.78 is 34.0. The Labute approximate surface area is 178 Å². The van der Waals surface area contributed by atoms with Gasteiger partial charge in [-0.2, -0.15) is 5.10 Å². The maximum absolute atomic E-state index is 12.6. The first-order chi connectivity index (χ1) is 14.5. The molecule has 9 nitrogen and oxygen atoms in total. The molecule has 158 valence electrons. The molecule has 0 spiro atoms. The van der Waals surface area contributed by atoms with E-state index in [4.69, 9.17) is 29.6 Å². The maximum Gasteiger partial charge on any atom is 0.530 e. The summed E-state index contributed by atoms with van der Waals surface area (Å²) >= 11 is 6.13. The molecule has 3 rings (SSSR count). The van der Waals surface area contributed by atoms with Crippen molar-refractivity contribution in [3.05, 3.63) is 59.1 Å². The van der Waals surface area contributed by atoms with Gasteiger partial charge in [0.25, 0.3) is 5.89 Å². The van der Waals surface area contributed by atoms with E-state index in [-0.39, 0.29) is 30.9 Å². The van der Waals surface area contributed by atoms with Gasteiger partial charge in [0.2, 0.25) is 0 Å². The van der Waals surface area contributed by atoms with Crippen molar-refractivity contribution in [3.63, 3.8) is 0 Å². The van der Waals surface area contributed by atoms with Crippen LogP contribution in [0.1, 0.15) is 19.4 Å². The molecule has 0 aliphatic heterocycles. The topological polar surface area (TPSA) is 108 Å². The van der Waals surface area contributed by atoms with Crippen LogP contribution >= 0.6 is 19.4 Å². The molecule has 0 bridgehead atoms. The second-order valence-electron chi connectivity index (χ2n) is 5.67. The Balaban J connectivity index is 1.72. The number of hydrazone groups is 1. The zero-order valence-electron chi connectivity index (χ0n) is 16.3. The molecule has 1 heterocycles. The van der Waals surface area contributed by atoms with Gasteiger partial charge in [-0.15, -0.1) is 5.10 Å². The molecule has 0 saturated carbocycles. The van der Waals surface area contributed by atoms with E-state index in [2.05, 4.69) is 20.7 Å². The second-order valence-corrected chi connectivity index (χ2v) is 7.67. The molecule has 0 aliphatic carbocycles. The summed E-state index contributed by atoms with van der Waals surface area (Å²) in [6.07, 6.45) is 1.46. The number of nitrogens with one attached hydrogen (secondary N) is 1. The normalized spacial score (nSPS) is 11.7. The van der Waals surface area contributed by atoms with E-state index in [1.807, 2.05) is 6.07 Å². The molecule has 3 aromatic rings. The Morgan fingerprint density at radius 1 is 1.10 bits per heavy atom. The van der Waals surface area contributed by atoms with Crippen LogP contribution in [0.25, 0.3) is 11.5 Å². The summed E-state index contributed by atoms with van der Waals surface area (Å²) in [7, 11) is -3.73. The third-order valence-corrected chi connectivity index (χ3v) is 5.50. The minimum Gasteiger partial charge on any atom is -0.403 e. The van der Waals surface area contributed by atoms with Crippen LogP contribution in [0.2, 0.25) is 5.02 Å². The minimum absolute atomic E-state index is 0.0777. The number of hydrogen-bond donors (Lipinski definition) is 1. The molecule has 2 aromatic carbocycles. The highest BCUT2D eigenvalue weighted by molar-refractivity contribution is 7.48. The van der Waals surface area contributed by atoms with E-state index in [1.54, 1.807) is 56.3 Å². The fourth-order valence-corrected chi connectivity index (χ4v) is 3.80. The smallest absolute Gasteiger partial charge is 0.403 e. The van der Waals surface area contributed by atoms with Crippen molar-refractivity contribution in [2.45, 2.75) is 13.8 Å². The van der Waals surface area contributed by atoms with E-state index < -0.39 is 7.82 Å². The molecular formula is C19H20ClN4O5P. The fourth-order valence-electron chi connectivity index (χ4n) is 2.37. The highest BCUT2D eigenvalue weighted by atomic mass is 35.5. The van der Waals surface area contributed by atoms with Crippen molar-refractivity contribution in [2.75, 3.05) is 18.6 Å². The molecule has 0 saturated heterocycles. The van der Waals surface area contributed by atoms with Crippen molar-refractivity contribution in [1.29, 1.82) is 0 Å². The van der Waals surface area contributed by atoms with E-state index in [0.717, 1.165) is 0 Å². The largest absolute Gasteiger partial charge is 0.530 e. The molecule has 0 aliphatic rings. The van der Waals surface area contributed by atoms with Crippen LogP contribution in [0.3, 0.4) is 0 Å². The van der Waals surface area contributed by atoms with Gasteiger partial charge < -0.3 is 8.94 Å². The summed E-state index contributed by atoms with van der Waals surface area (Å²) in [5.74, 6) is 0.548. The quantitative estimate of drug-likeness (QED) is 0.248. The van der Waals surface area contributed by atoms with Crippen LogP contribution in [0, 0.1) is 0 Å². The summed E-state index contributed by atoms with van der Waals surface area (Å²) in [6, 6.07) is 14.1. The van der Waals surface area contributed by atoms with Gasteiger partial charge in [0, 0.05) is 5.56 Å². The Hall–Kier alpha value is -2.71. The first-order valence-electron chi connectivity index (χ1n) is 9.10. The molecule has 1 N–H and O–H groups in total. The molecule has 0 atom stereocenters. The first-order valence-corrected chi connectivity index (χ1v) is 10.9. The lowest BCUT2D eigenvalue weighted by Gasteiger charge is -2.18. The lowest BCUT2D eigenvalue weighted by atomic mass is 10.2. The number of hydrogen-bond acceptors (Lipinski definition) is 9. The van der Waals surface area contributed by atoms with Crippen LogP contribution in [-0.2, 0) is 13.6 Å². The number of para-hydroxylation sites is 1. The van der Waals surface area contributed by atoms with Gasteiger partial charge in [-0.05, 0) is 38.1 Å². The van der Waals surface area contributed by atoms with Crippen LogP contribution in [0.5, 0.6) is 5.75 Å². The first kappa shape index (κ1) is 22.0. The SMILES string of the molecule is CCOP(=O)(OCC)Oc1ccccc1/C=N\Nc1nnc(-c2ccccc2Cl)o1. The fraction of sp³-hybridized carbons (Fsp3) is 0.211. The van der Waals surface area contributed by atoms with E-state index in [1.165, 1.54) is 6.21 Å². The Morgan fingerprint density at radius 3 is 2.53 bits per heavy atom. The van der Waals surface area contributed by atoms with E-state index in [0.29, 0.717) is 16.1 Å². The Morgan fingerprint density at radius 2 is 1.80 bits per heavy atom. The summed E-state index contributed by atoms with van der Waals surface area (Å²) in [5, 5.41) is 12.4. The zero-order valence-corrected chi connectivity index (χ0v) is 18.0. The number of phosphoric acid groups is 1. The lowest BCUT2D eigenvalue weighted by molar-refractivity contribution is 0.167. The molecule has 0 unspecified atom stereocenters. The van der Waals surface area contributed by atoms with Crippen molar-refractivity contribution >= 4 is 31.7 Å². The van der Waals surface area contributed by atoms with Crippen molar-refractivity contribution < 1.29 is 22.6 Å². The third kappa shape index (κ3) is 5.67. The van der Waals surface area contributed by atoms with Gasteiger partial charge in [-0.1, -0.05) is 41.0 Å². The summed E-state index contributed by atoms with van der Waals surface area (Å²) in [4.78, 5) is 0.